The predicted molar refractivity (Wildman–Crippen MR) is 77.8 cm³/mol. The summed E-state index contributed by atoms with van der Waals surface area (Å²) in [6, 6.07) is 6.31. The van der Waals surface area contributed by atoms with E-state index in [9.17, 15) is 4.79 Å². The molecule has 7 heteroatoms. The number of nitrogens with one attached hydrogen (secondary N) is 2. The van der Waals surface area contributed by atoms with Crippen molar-refractivity contribution in [3.63, 3.8) is 0 Å². The average molecular weight is 284 g/mol. The van der Waals surface area contributed by atoms with E-state index in [-0.39, 0.29) is 5.69 Å². The van der Waals surface area contributed by atoms with Gasteiger partial charge in [0.2, 0.25) is 0 Å². The van der Waals surface area contributed by atoms with Gasteiger partial charge in [0.05, 0.1) is 6.20 Å². The van der Waals surface area contributed by atoms with Gasteiger partial charge in [0.25, 0.3) is 0 Å². The van der Waals surface area contributed by atoms with Crippen molar-refractivity contribution in [2.45, 2.75) is 26.8 Å². The molecule has 0 radical (unpaired) electrons. The van der Waals surface area contributed by atoms with Gasteiger partial charge in [0.15, 0.2) is 0 Å². The van der Waals surface area contributed by atoms with Crippen LogP contribution in [0.2, 0.25) is 0 Å². The lowest BCUT2D eigenvalue weighted by Gasteiger charge is -2.01. The summed E-state index contributed by atoms with van der Waals surface area (Å²) in [4.78, 5) is 13.6. The quantitative estimate of drug-likeness (QED) is 0.753. The molecule has 0 aliphatic rings. The molecule has 21 heavy (non-hydrogen) atoms. The van der Waals surface area contributed by atoms with Crippen molar-refractivity contribution >= 4 is 0 Å². The SMILES string of the molecule is Cc1cc(C)cc(-c2cn(CCc3n[nH]c(=O)[nH]3)nn2)c1. The van der Waals surface area contributed by atoms with Crippen molar-refractivity contribution in [2.75, 3.05) is 0 Å². The number of hydrogen-bond donors (Lipinski definition) is 2. The Morgan fingerprint density at radius 3 is 2.62 bits per heavy atom. The molecule has 0 fully saturated rings. The average Bonchev–Trinajstić information content (AvgIpc) is 3.04. The zero-order valence-corrected chi connectivity index (χ0v) is 11.9. The Labute approximate surface area is 121 Å². The first-order chi connectivity index (χ1) is 10.1. The number of aromatic amines is 2. The van der Waals surface area contributed by atoms with Crippen LogP contribution in [0.25, 0.3) is 11.3 Å². The molecule has 3 aromatic rings. The second-order valence-corrected chi connectivity index (χ2v) is 5.12. The van der Waals surface area contributed by atoms with E-state index in [1.807, 2.05) is 6.20 Å². The molecule has 0 saturated heterocycles. The molecule has 0 aliphatic heterocycles. The van der Waals surface area contributed by atoms with Crippen LogP contribution in [0.5, 0.6) is 0 Å². The van der Waals surface area contributed by atoms with Crippen molar-refractivity contribution in [3.8, 4) is 11.3 Å². The van der Waals surface area contributed by atoms with Crippen molar-refractivity contribution in [3.05, 3.63) is 51.8 Å². The first-order valence-corrected chi connectivity index (χ1v) is 6.72. The van der Waals surface area contributed by atoms with Crippen molar-refractivity contribution < 1.29 is 0 Å². The number of nitrogens with zero attached hydrogens (tertiary/aromatic N) is 4. The fourth-order valence-corrected chi connectivity index (χ4v) is 2.31. The molecule has 7 nitrogen and oxygen atoms in total. The zero-order chi connectivity index (χ0) is 14.8. The first-order valence-electron chi connectivity index (χ1n) is 6.72. The van der Waals surface area contributed by atoms with Gasteiger partial charge < -0.3 is 0 Å². The molecule has 2 heterocycles. The molecule has 0 aliphatic carbocycles. The summed E-state index contributed by atoms with van der Waals surface area (Å²) in [5.74, 6) is 0.614. The van der Waals surface area contributed by atoms with Gasteiger partial charge in [0.1, 0.15) is 11.5 Å². The lowest BCUT2D eigenvalue weighted by atomic mass is 10.1. The van der Waals surface area contributed by atoms with E-state index in [4.69, 9.17) is 0 Å². The van der Waals surface area contributed by atoms with Gasteiger partial charge in [-0.25, -0.2) is 9.89 Å². The van der Waals surface area contributed by atoms with E-state index in [0.717, 1.165) is 11.3 Å². The summed E-state index contributed by atoms with van der Waals surface area (Å²) in [6.45, 7) is 4.74. The lowest BCUT2D eigenvalue weighted by molar-refractivity contribution is 0.578. The second kappa shape index (κ2) is 5.35. The summed E-state index contributed by atoms with van der Waals surface area (Å²) < 4.78 is 1.75. The first kappa shape index (κ1) is 13.3. The van der Waals surface area contributed by atoms with Gasteiger partial charge in [-0.3, -0.25) is 9.67 Å². The molecule has 0 atom stereocenters. The van der Waals surface area contributed by atoms with Crippen molar-refractivity contribution in [2.24, 2.45) is 0 Å². The van der Waals surface area contributed by atoms with E-state index in [0.29, 0.717) is 18.8 Å². The molecule has 108 valence electrons. The summed E-state index contributed by atoms with van der Waals surface area (Å²) in [5.41, 5.74) is 4.02. The normalized spacial score (nSPS) is 11.0. The summed E-state index contributed by atoms with van der Waals surface area (Å²) in [5, 5.41) is 14.5. The monoisotopic (exact) mass is 284 g/mol. The van der Waals surface area contributed by atoms with Crippen LogP contribution < -0.4 is 5.69 Å². The van der Waals surface area contributed by atoms with Gasteiger partial charge in [-0.15, -0.1) is 5.10 Å². The van der Waals surface area contributed by atoms with Crippen LogP contribution in [0, 0.1) is 13.8 Å². The third-order valence-electron chi connectivity index (χ3n) is 3.18. The fourth-order valence-electron chi connectivity index (χ4n) is 2.31. The van der Waals surface area contributed by atoms with E-state index < -0.39 is 0 Å². The highest BCUT2D eigenvalue weighted by molar-refractivity contribution is 5.59. The van der Waals surface area contributed by atoms with Gasteiger partial charge >= 0.3 is 5.69 Å². The highest BCUT2D eigenvalue weighted by Gasteiger charge is 2.06. The number of rotatable bonds is 4. The maximum Gasteiger partial charge on any atom is 0.340 e. The number of benzene rings is 1. The third-order valence-corrected chi connectivity index (χ3v) is 3.18. The predicted octanol–water partition coefficient (Wildman–Crippen LogP) is 1.22. The van der Waals surface area contributed by atoms with Gasteiger partial charge in [-0.05, 0) is 26.0 Å². The minimum atomic E-state index is -0.292. The van der Waals surface area contributed by atoms with Gasteiger partial charge in [0, 0.05) is 18.5 Å². The van der Waals surface area contributed by atoms with Crippen LogP contribution in [-0.4, -0.2) is 30.2 Å². The Morgan fingerprint density at radius 2 is 1.95 bits per heavy atom. The Balaban J connectivity index is 1.75. The topological polar surface area (TPSA) is 92.2 Å². The summed E-state index contributed by atoms with van der Waals surface area (Å²) in [7, 11) is 0. The van der Waals surface area contributed by atoms with Crippen molar-refractivity contribution in [1.82, 2.24) is 30.2 Å². The molecular weight excluding hydrogens is 268 g/mol. The molecule has 0 bridgehead atoms. The Morgan fingerprint density at radius 1 is 1.19 bits per heavy atom. The smallest absolute Gasteiger partial charge is 0.293 e. The Hall–Kier alpha value is -2.70. The molecule has 2 aromatic heterocycles. The van der Waals surface area contributed by atoms with Crippen LogP contribution in [0.1, 0.15) is 17.0 Å². The minimum absolute atomic E-state index is 0.292. The maximum atomic E-state index is 10.9. The Kier molecular flexibility index (Phi) is 3.39. The van der Waals surface area contributed by atoms with E-state index >= 15 is 0 Å². The van der Waals surface area contributed by atoms with E-state index in [1.165, 1.54) is 11.1 Å². The molecule has 2 N–H and O–H groups in total. The second-order valence-electron chi connectivity index (χ2n) is 5.12. The standard InChI is InChI=1S/C14H16N6O/c1-9-5-10(2)7-11(6-9)12-8-20(19-16-12)4-3-13-15-14(21)18-17-13/h5-8H,3-4H2,1-2H3,(H2,15,17,18,21). The van der Waals surface area contributed by atoms with Crippen LogP contribution in [0.4, 0.5) is 0 Å². The number of aromatic nitrogens is 6. The molecular formula is C14H16N6O. The minimum Gasteiger partial charge on any atom is -0.293 e. The van der Waals surface area contributed by atoms with Crippen molar-refractivity contribution in [1.29, 1.82) is 0 Å². The molecule has 3 rings (SSSR count). The molecule has 0 spiro atoms. The van der Waals surface area contributed by atoms with Crippen LogP contribution in [0.15, 0.2) is 29.2 Å². The highest BCUT2D eigenvalue weighted by Crippen LogP contribution is 2.19. The number of H-pyrrole nitrogens is 2. The fraction of sp³-hybridized carbons (Fsp3) is 0.286. The summed E-state index contributed by atoms with van der Waals surface area (Å²) >= 11 is 0. The maximum absolute atomic E-state index is 10.9. The summed E-state index contributed by atoms with van der Waals surface area (Å²) in [6.07, 6.45) is 2.49. The van der Waals surface area contributed by atoms with E-state index in [2.05, 4.69) is 57.5 Å². The lowest BCUT2D eigenvalue weighted by Crippen LogP contribution is -2.05. The van der Waals surface area contributed by atoms with Gasteiger partial charge in [-0.2, -0.15) is 5.10 Å². The molecule has 0 unspecified atom stereocenters. The van der Waals surface area contributed by atoms with E-state index in [1.54, 1.807) is 4.68 Å². The number of aryl methyl sites for hydroxylation is 4. The van der Waals surface area contributed by atoms with Crippen LogP contribution in [-0.2, 0) is 13.0 Å². The molecule has 1 aromatic carbocycles. The number of hydrogen-bond acceptors (Lipinski definition) is 4. The van der Waals surface area contributed by atoms with Crippen LogP contribution >= 0.6 is 0 Å². The Bertz CT molecular complexity index is 792. The van der Waals surface area contributed by atoms with Crippen LogP contribution in [0.3, 0.4) is 0 Å². The molecule has 0 amide bonds. The highest BCUT2D eigenvalue weighted by atomic mass is 16.1. The largest absolute Gasteiger partial charge is 0.340 e. The zero-order valence-electron chi connectivity index (χ0n) is 11.9. The molecule has 0 saturated carbocycles. The van der Waals surface area contributed by atoms with Gasteiger partial charge in [-0.1, -0.05) is 22.4 Å². The third kappa shape index (κ3) is 3.07.